The van der Waals surface area contributed by atoms with E-state index in [0.717, 1.165) is 32.5 Å². The van der Waals surface area contributed by atoms with Crippen molar-refractivity contribution in [1.29, 1.82) is 5.26 Å². The Hall–Kier alpha value is -1.81. The smallest absolute Gasteiger partial charge is 0.230 e. The number of thioether (sulfide) groups is 1. The fraction of sp³-hybridized carbons (Fsp3) is 0.667. The van der Waals surface area contributed by atoms with Crippen molar-refractivity contribution in [1.82, 2.24) is 15.3 Å². The lowest BCUT2D eigenvalue weighted by Crippen LogP contribution is -2.39. The molecule has 0 aromatic carbocycles. The van der Waals surface area contributed by atoms with Crippen LogP contribution in [0.4, 0.5) is 5.82 Å². The number of nitrogens with zero attached hydrogens (tertiary/aromatic N) is 4. The normalized spacial score (nSPS) is 18.9. The first kappa shape index (κ1) is 18.0. The fourth-order valence-electron chi connectivity index (χ4n) is 3.55. The molecular weight excluding hydrogens is 334 g/mol. The summed E-state index contributed by atoms with van der Waals surface area (Å²) >= 11 is 1.81. The Morgan fingerprint density at radius 1 is 1.24 bits per heavy atom. The zero-order valence-electron chi connectivity index (χ0n) is 14.5. The Morgan fingerprint density at radius 3 is 2.68 bits per heavy atom. The van der Waals surface area contributed by atoms with Gasteiger partial charge in [0.2, 0.25) is 5.91 Å². The summed E-state index contributed by atoms with van der Waals surface area (Å²) < 4.78 is 0. The highest BCUT2D eigenvalue weighted by atomic mass is 32.2. The Labute approximate surface area is 153 Å². The number of hydrogen-bond donors (Lipinski definition) is 1. The van der Waals surface area contributed by atoms with Crippen LogP contribution in [0.3, 0.4) is 0 Å². The number of piperidine rings is 1. The van der Waals surface area contributed by atoms with Crippen LogP contribution in [0.1, 0.15) is 44.2 Å². The zero-order chi connectivity index (χ0) is 17.5. The Morgan fingerprint density at radius 2 is 1.96 bits per heavy atom. The van der Waals surface area contributed by atoms with Gasteiger partial charge in [-0.15, -0.1) is 11.8 Å². The van der Waals surface area contributed by atoms with Crippen LogP contribution in [0.15, 0.2) is 12.4 Å². The molecule has 1 N–H and O–H groups in total. The van der Waals surface area contributed by atoms with E-state index in [4.69, 9.17) is 5.26 Å². The summed E-state index contributed by atoms with van der Waals surface area (Å²) in [6.45, 7) is 2.46. The molecule has 1 saturated carbocycles. The van der Waals surface area contributed by atoms with Crippen molar-refractivity contribution in [2.75, 3.05) is 30.3 Å². The molecule has 0 atom stereocenters. The first-order valence-electron chi connectivity index (χ1n) is 9.10. The number of aromatic nitrogens is 2. The predicted molar refractivity (Wildman–Crippen MR) is 99.4 cm³/mol. The molecule has 2 aliphatic rings. The van der Waals surface area contributed by atoms with Gasteiger partial charge in [0, 0.05) is 37.3 Å². The van der Waals surface area contributed by atoms with Crippen LogP contribution in [-0.4, -0.2) is 46.5 Å². The summed E-state index contributed by atoms with van der Waals surface area (Å²) in [5.41, 5.74) is 0.387. The number of rotatable bonds is 6. The maximum absolute atomic E-state index is 12.0. The van der Waals surface area contributed by atoms with Crippen molar-refractivity contribution in [2.45, 2.75) is 43.8 Å². The first-order chi connectivity index (χ1) is 12.3. The molecule has 134 valence electrons. The molecule has 2 heterocycles. The third kappa shape index (κ3) is 5.08. The lowest BCUT2D eigenvalue weighted by atomic mass is 9.96. The summed E-state index contributed by atoms with van der Waals surface area (Å²) in [7, 11) is 0. The minimum absolute atomic E-state index is 0.167. The SMILES string of the molecule is N#Cc1nccnc1N1CCC(CNC(=O)CSC2CCCC2)CC1. The number of hydrogen-bond acceptors (Lipinski definition) is 6. The van der Waals surface area contributed by atoms with Crippen LogP contribution in [0.5, 0.6) is 0 Å². The molecule has 1 aromatic heterocycles. The molecule has 1 saturated heterocycles. The topological polar surface area (TPSA) is 81.9 Å². The third-order valence-electron chi connectivity index (χ3n) is 5.04. The van der Waals surface area contributed by atoms with Crippen molar-refractivity contribution in [2.24, 2.45) is 5.92 Å². The van der Waals surface area contributed by atoms with Crippen molar-refractivity contribution in [3.63, 3.8) is 0 Å². The number of nitriles is 1. The second-order valence-corrected chi connectivity index (χ2v) is 8.08. The average Bonchev–Trinajstić information content (AvgIpc) is 3.19. The minimum Gasteiger partial charge on any atom is -0.355 e. The second-order valence-electron chi connectivity index (χ2n) is 6.79. The average molecular weight is 359 g/mol. The van der Waals surface area contributed by atoms with Crippen LogP contribution < -0.4 is 10.2 Å². The molecule has 25 heavy (non-hydrogen) atoms. The van der Waals surface area contributed by atoms with Gasteiger partial charge in [0.25, 0.3) is 0 Å². The van der Waals surface area contributed by atoms with Gasteiger partial charge in [0.15, 0.2) is 11.5 Å². The number of carbonyl (C=O) groups is 1. The highest BCUT2D eigenvalue weighted by molar-refractivity contribution is 8.00. The third-order valence-corrected chi connectivity index (χ3v) is 6.41. The molecule has 6 nitrogen and oxygen atoms in total. The van der Waals surface area contributed by atoms with Crippen molar-refractivity contribution < 1.29 is 4.79 Å². The van der Waals surface area contributed by atoms with E-state index in [0.29, 0.717) is 28.4 Å². The first-order valence-corrected chi connectivity index (χ1v) is 10.2. The van der Waals surface area contributed by atoms with Crippen LogP contribution in [-0.2, 0) is 4.79 Å². The highest BCUT2D eigenvalue weighted by Gasteiger charge is 2.23. The van der Waals surface area contributed by atoms with E-state index in [2.05, 4.69) is 26.3 Å². The minimum atomic E-state index is 0.167. The quantitative estimate of drug-likeness (QED) is 0.840. The molecule has 3 rings (SSSR count). The van der Waals surface area contributed by atoms with Crippen LogP contribution in [0.2, 0.25) is 0 Å². The zero-order valence-corrected chi connectivity index (χ0v) is 15.3. The Balaban J connectivity index is 1.37. The number of nitrogens with one attached hydrogen (secondary N) is 1. The van der Waals surface area contributed by atoms with Gasteiger partial charge in [0.1, 0.15) is 6.07 Å². The van der Waals surface area contributed by atoms with Gasteiger partial charge in [0.05, 0.1) is 5.75 Å². The van der Waals surface area contributed by atoms with Crippen LogP contribution in [0.25, 0.3) is 0 Å². The molecule has 0 spiro atoms. The summed E-state index contributed by atoms with van der Waals surface area (Å²) in [6, 6.07) is 2.11. The van der Waals surface area contributed by atoms with Crippen molar-refractivity contribution >= 4 is 23.5 Å². The van der Waals surface area contributed by atoms with E-state index in [1.165, 1.54) is 25.7 Å². The number of carbonyl (C=O) groups excluding carboxylic acids is 1. The number of anilines is 1. The van der Waals surface area contributed by atoms with E-state index in [1.54, 1.807) is 12.4 Å². The Bertz CT molecular complexity index is 618. The molecule has 1 amide bonds. The van der Waals surface area contributed by atoms with Crippen LogP contribution in [0, 0.1) is 17.2 Å². The van der Waals surface area contributed by atoms with E-state index < -0.39 is 0 Å². The van der Waals surface area contributed by atoms with E-state index in [9.17, 15) is 4.79 Å². The van der Waals surface area contributed by atoms with Gasteiger partial charge >= 0.3 is 0 Å². The molecule has 1 aliphatic carbocycles. The number of amides is 1. The predicted octanol–water partition coefficient (Wildman–Crippen LogP) is 2.36. The largest absolute Gasteiger partial charge is 0.355 e. The van der Waals surface area contributed by atoms with Crippen molar-refractivity contribution in [3.05, 3.63) is 18.1 Å². The molecule has 1 aliphatic heterocycles. The summed E-state index contributed by atoms with van der Waals surface area (Å²) in [5.74, 6) is 1.94. The van der Waals surface area contributed by atoms with Gasteiger partial charge in [-0.1, -0.05) is 12.8 Å². The molecule has 0 bridgehead atoms. The van der Waals surface area contributed by atoms with Gasteiger partial charge in [-0.25, -0.2) is 9.97 Å². The molecule has 2 fully saturated rings. The maximum atomic E-state index is 12.0. The Kier molecular flexibility index (Phi) is 6.51. The lowest BCUT2D eigenvalue weighted by molar-refractivity contribution is -0.118. The van der Waals surface area contributed by atoms with Gasteiger partial charge in [-0.2, -0.15) is 5.26 Å². The molecule has 1 aromatic rings. The summed E-state index contributed by atoms with van der Waals surface area (Å²) in [5, 5.41) is 12.9. The highest BCUT2D eigenvalue weighted by Crippen LogP contribution is 2.29. The molecular formula is C18H25N5OS. The van der Waals surface area contributed by atoms with Crippen LogP contribution >= 0.6 is 11.8 Å². The van der Waals surface area contributed by atoms with E-state index in [1.807, 2.05) is 11.8 Å². The summed E-state index contributed by atoms with van der Waals surface area (Å²) in [4.78, 5) is 22.5. The van der Waals surface area contributed by atoms with Crippen molar-refractivity contribution in [3.8, 4) is 6.07 Å². The molecule has 0 radical (unpaired) electrons. The fourth-order valence-corrected chi connectivity index (χ4v) is 4.70. The monoisotopic (exact) mass is 359 g/mol. The lowest BCUT2D eigenvalue weighted by Gasteiger charge is -2.32. The maximum Gasteiger partial charge on any atom is 0.230 e. The molecule has 7 heteroatoms. The van der Waals surface area contributed by atoms with Gasteiger partial charge in [-0.3, -0.25) is 4.79 Å². The van der Waals surface area contributed by atoms with Gasteiger partial charge < -0.3 is 10.2 Å². The van der Waals surface area contributed by atoms with E-state index in [-0.39, 0.29) is 5.91 Å². The summed E-state index contributed by atoms with van der Waals surface area (Å²) in [6.07, 6.45) is 10.3. The van der Waals surface area contributed by atoms with Gasteiger partial charge in [-0.05, 0) is 31.6 Å². The second kappa shape index (κ2) is 9.04. The standard InChI is InChI=1S/C18H25N5OS/c19-11-16-18(21-8-7-20-16)23-9-5-14(6-10-23)12-22-17(24)13-25-15-3-1-2-4-15/h7-8,14-15H,1-6,9-10,12-13H2,(H,22,24). The van der Waals surface area contributed by atoms with E-state index >= 15 is 0 Å². The molecule has 0 unspecified atom stereocenters.